The van der Waals surface area contributed by atoms with Crippen molar-refractivity contribution < 1.29 is 17.9 Å². The minimum Gasteiger partial charge on any atom is -0.496 e. The van der Waals surface area contributed by atoms with Gasteiger partial charge in [-0.1, -0.05) is 0 Å². The van der Waals surface area contributed by atoms with Gasteiger partial charge in [-0.25, -0.2) is 13.2 Å². The highest BCUT2D eigenvalue weighted by Gasteiger charge is 2.28. The van der Waals surface area contributed by atoms with Crippen molar-refractivity contribution in [2.75, 3.05) is 13.7 Å². The normalized spacial score (nSPS) is 11.5. The molecule has 2 N–H and O–H groups in total. The fourth-order valence-electron chi connectivity index (χ4n) is 1.24. The average Bonchev–Trinajstić information content (AvgIpc) is 2.18. The van der Waals surface area contributed by atoms with Gasteiger partial charge in [0.15, 0.2) is 0 Å². The first-order valence-electron chi connectivity index (χ1n) is 4.39. The van der Waals surface area contributed by atoms with Crippen molar-refractivity contribution in [2.45, 2.75) is 12.3 Å². The Morgan fingerprint density at radius 3 is 2.60 bits per heavy atom. The van der Waals surface area contributed by atoms with E-state index in [2.05, 4.69) is 0 Å². The van der Waals surface area contributed by atoms with E-state index in [1.807, 2.05) is 0 Å². The average molecular weight is 219 g/mol. The molecular weight excluding hydrogens is 207 g/mol. The number of nitrogens with two attached hydrogens (primary N) is 1. The van der Waals surface area contributed by atoms with Gasteiger partial charge in [-0.05, 0) is 18.2 Å². The van der Waals surface area contributed by atoms with Gasteiger partial charge in [0.25, 0.3) is 5.92 Å². The molecular formula is C10H12F3NO. The molecule has 0 aliphatic heterocycles. The summed E-state index contributed by atoms with van der Waals surface area (Å²) in [5.74, 6) is -3.37. The largest absolute Gasteiger partial charge is 0.496 e. The number of halogens is 3. The molecule has 0 heterocycles. The third-order valence-electron chi connectivity index (χ3n) is 1.99. The van der Waals surface area contributed by atoms with E-state index in [4.69, 9.17) is 10.5 Å². The van der Waals surface area contributed by atoms with Crippen LogP contribution in [0.5, 0.6) is 5.75 Å². The van der Waals surface area contributed by atoms with E-state index < -0.39 is 24.7 Å². The summed E-state index contributed by atoms with van der Waals surface area (Å²) in [5.41, 5.74) is 5.02. The highest BCUT2D eigenvalue weighted by atomic mass is 19.3. The summed E-state index contributed by atoms with van der Waals surface area (Å²) in [6.07, 6.45) is -0.621. The van der Waals surface area contributed by atoms with Gasteiger partial charge < -0.3 is 10.5 Å². The van der Waals surface area contributed by atoms with E-state index in [9.17, 15) is 13.2 Å². The molecule has 0 bridgehead atoms. The van der Waals surface area contributed by atoms with Crippen molar-refractivity contribution in [3.63, 3.8) is 0 Å². The van der Waals surface area contributed by atoms with Crippen LogP contribution in [-0.2, 0) is 6.42 Å². The molecule has 0 atom stereocenters. The number of benzene rings is 1. The lowest BCUT2D eigenvalue weighted by Crippen LogP contribution is -2.30. The van der Waals surface area contributed by atoms with Crippen molar-refractivity contribution in [2.24, 2.45) is 5.73 Å². The van der Waals surface area contributed by atoms with Gasteiger partial charge in [0.2, 0.25) is 0 Å². The SMILES string of the molecule is COc1ccc(F)cc1CC(F)(F)CN. The molecule has 1 aromatic rings. The molecule has 0 aromatic heterocycles. The zero-order valence-corrected chi connectivity index (χ0v) is 8.27. The van der Waals surface area contributed by atoms with E-state index in [0.29, 0.717) is 0 Å². The van der Waals surface area contributed by atoms with Crippen LogP contribution in [-0.4, -0.2) is 19.6 Å². The second kappa shape index (κ2) is 4.53. The summed E-state index contributed by atoms with van der Waals surface area (Å²) in [6, 6.07) is 3.50. The van der Waals surface area contributed by atoms with Crippen LogP contribution in [0.25, 0.3) is 0 Å². The standard InChI is InChI=1S/C10H12F3NO/c1-15-9-3-2-8(11)4-7(9)5-10(12,13)6-14/h2-4H,5-6,14H2,1H3. The van der Waals surface area contributed by atoms with Crippen molar-refractivity contribution in [3.8, 4) is 5.75 Å². The first-order chi connectivity index (χ1) is 6.98. The van der Waals surface area contributed by atoms with Gasteiger partial charge in [-0.3, -0.25) is 0 Å². The van der Waals surface area contributed by atoms with Crippen LogP contribution < -0.4 is 10.5 Å². The number of hydrogen-bond donors (Lipinski definition) is 1. The second-order valence-corrected chi connectivity index (χ2v) is 3.19. The zero-order chi connectivity index (χ0) is 11.5. The number of methoxy groups -OCH3 is 1. The Morgan fingerprint density at radius 1 is 1.40 bits per heavy atom. The van der Waals surface area contributed by atoms with Crippen molar-refractivity contribution >= 4 is 0 Å². The van der Waals surface area contributed by atoms with Crippen molar-refractivity contribution in [3.05, 3.63) is 29.6 Å². The van der Waals surface area contributed by atoms with Crippen LogP contribution in [0.1, 0.15) is 5.56 Å². The molecule has 0 fully saturated rings. The van der Waals surface area contributed by atoms with Gasteiger partial charge >= 0.3 is 0 Å². The molecule has 84 valence electrons. The molecule has 0 unspecified atom stereocenters. The lowest BCUT2D eigenvalue weighted by Gasteiger charge is -2.15. The first-order valence-corrected chi connectivity index (χ1v) is 4.39. The highest BCUT2D eigenvalue weighted by Crippen LogP contribution is 2.26. The van der Waals surface area contributed by atoms with Crippen LogP contribution in [0.15, 0.2) is 18.2 Å². The maximum absolute atomic E-state index is 13.0. The van der Waals surface area contributed by atoms with Gasteiger partial charge in [0.05, 0.1) is 13.7 Å². The molecule has 0 spiro atoms. The van der Waals surface area contributed by atoms with Crippen LogP contribution in [0, 0.1) is 5.82 Å². The Labute approximate surface area is 85.8 Å². The van der Waals surface area contributed by atoms with Gasteiger partial charge in [0, 0.05) is 12.0 Å². The second-order valence-electron chi connectivity index (χ2n) is 3.19. The smallest absolute Gasteiger partial charge is 0.264 e. The quantitative estimate of drug-likeness (QED) is 0.840. The van der Waals surface area contributed by atoms with Crippen molar-refractivity contribution in [1.82, 2.24) is 0 Å². The molecule has 0 saturated carbocycles. The molecule has 0 amide bonds. The summed E-state index contributed by atoms with van der Waals surface area (Å²) < 4.78 is 43.6. The lowest BCUT2D eigenvalue weighted by atomic mass is 10.1. The molecule has 1 rings (SSSR count). The molecule has 0 aliphatic rings. The van der Waals surface area contributed by atoms with Crippen LogP contribution >= 0.6 is 0 Å². The molecule has 1 aromatic carbocycles. The van der Waals surface area contributed by atoms with E-state index in [-0.39, 0.29) is 11.3 Å². The molecule has 0 radical (unpaired) electrons. The van der Waals surface area contributed by atoms with E-state index >= 15 is 0 Å². The Hall–Kier alpha value is -1.23. The van der Waals surface area contributed by atoms with Gasteiger partial charge in [-0.15, -0.1) is 0 Å². The molecule has 15 heavy (non-hydrogen) atoms. The number of alkyl halides is 2. The molecule has 5 heteroatoms. The summed E-state index contributed by atoms with van der Waals surface area (Å²) in [4.78, 5) is 0. The highest BCUT2D eigenvalue weighted by molar-refractivity contribution is 5.34. The fourth-order valence-corrected chi connectivity index (χ4v) is 1.24. The summed E-state index contributed by atoms with van der Waals surface area (Å²) in [5, 5.41) is 0. The van der Waals surface area contributed by atoms with Crippen LogP contribution in [0.3, 0.4) is 0 Å². The first kappa shape index (κ1) is 11.8. The van der Waals surface area contributed by atoms with E-state index in [1.54, 1.807) is 0 Å². The minimum atomic E-state index is -3.04. The Morgan fingerprint density at radius 2 is 2.07 bits per heavy atom. The third kappa shape index (κ3) is 3.13. The maximum Gasteiger partial charge on any atom is 0.264 e. The maximum atomic E-state index is 13.0. The summed E-state index contributed by atoms with van der Waals surface area (Å²) in [6.45, 7) is -0.771. The Balaban J connectivity index is 2.97. The van der Waals surface area contributed by atoms with E-state index in [0.717, 1.165) is 12.1 Å². The van der Waals surface area contributed by atoms with Crippen LogP contribution in [0.2, 0.25) is 0 Å². The lowest BCUT2D eigenvalue weighted by molar-refractivity contribution is 0.0109. The minimum absolute atomic E-state index is 0.118. The molecule has 0 aliphatic carbocycles. The molecule has 2 nitrogen and oxygen atoms in total. The van der Waals surface area contributed by atoms with Crippen LogP contribution in [0.4, 0.5) is 13.2 Å². The number of rotatable bonds is 4. The molecule has 0 saturated heterocycles. The van der Waals surface area contributed by atoms with E-state index in [1.165, 1.54) is 13.2 Å². The predicted molar refractivity (Wildman–Crippen MR) is 50.7 cm³/mol. The Bertz CT molecular complexity index is 341. The Kier molecular flexibility index (Phi) is 3.57. The predicted octanol–water partition coefficient (Wildman–Crippen LogP) is 1.97. The third-order valence-corrected chi connectivity index (χ3v) is 1.99. The topological polar surface area (TPSA) is 35.2 Å². The zero-order valence-electron chi connectivity index (χ0n) is 8.27. The van der Waals surface area contributed by atoms with Crippen molar-refractivity contribution in [1.29, 1.82) is 0 Å². The monoisotopic (exact) mass is 219 g/mol. The number of ether oxygens (including phenoxy) is 1. The number of hydrogen-bond acceptors (Lipinski definition) is 2. The van der Waals surface area contributed by atoms with Gasteiger partial charge in [-0.2, -0.15) is 0 Å². The van der Waals surface area contributed by atoms with Gasteiger partial charge in [0.1, 0.15) is 11.6 Å². The summed E-state index contributed by atoms with van der Waals surface area (Å²) in [7, 11) is 1.34. The fraction of sp³-hybridized carbons (Fsp3) is 0.400. The summed E-state index contributed by atoms with van der Waals surface area (Å²) >= 11 is 0.